The molecule has 0 aliphatic carbocycles. The Morgan fingerprint density at radius 1 is 1.50 bits per heavy atom. The van der Waals surface area contributed by atoms with Crippen molar-refractivity contribution >= 4 is 0 Å². The van der Waals surface area contributed by atoms with Gasteiger partial charge in [-0.2, -0.15) is 0 Å². The maximum atomic E-state index is 5.62. The lowest BCUT2D eigenvalue weighted by Gasteiger charge is -2.23. The van der Waals surface area contributed by atoms with E-state index in [0.29, 0.717) is 6.61 Å². The van der Waals surface area contributed by atoms with Crippen LogP contribution in [0.3, 0.4) is 0 Å². The summed E-state index contributed by atoms with van der Waals surface area (Å²) in [5.41, 5.74) is 1.09. The quantitative estimate of drug-likeness (QED) is 0.763. The fourth-order valence-corrected chi connectivity index (χ4v) is 1.87. The van der Waals surface area contributed by atoms with E-state index in [2.05, 4.69) is 29.5 Å². The molecule has 2 unspecified atom stereocenters. The maximum absolute atomic E-state index is 5.62. The van der Waals surface area contributed by atoms with E-state index in [1.165, 1.54) is 0 Å². The van der Waals surface area contributed by atoms with Gasteiger partial charge >= 0.3 is 0 Å². The van der Waals surface area contributed by atoms with Gasteiger partial charge in [-0.15, -0.1) is 5.10 Å². The molecule has 16 heavy (non-hydrogen) atoms. The Morgan fingerprint density at radius 2 is 2.25 bits per heavy atom. The van der Waals surface area contributed by atoms with Gasteiger partial charge < -0.3 is 10.1 Å². The number of hydrogen-bond donors (Lipinski definition) is 1. The Bertz CT molecular complexity index is 300. The molecule has 0 saturated carbocycles. The molecule has 0 radical (unpaired) electrons. The summed E-state index contributed by atoms with van der Waals surface area (Å²) in [7, 11) is 1.93. The average molecular weight is 226 g/mol. The van der Waals surface area contributed by atoms with Crippen LogP contribution in [0, 0.1) is 0 Å². The molecule has 1 aromatic heterocycles. The number of rotatable bonds is 7. The summed E-state index contributed by atoms with van der Waals surface area (Å²) in [6.07, 6.45) is 2.98. The van der Waals surface area contributed by atoms with Crippen molar-refractivity contribution in [2.75, 3.05) is 13.7 Å². The Hall–Kier alpha value is -0.940. The van der Waals surface area contributed by atoms with E-state index >= 15 is 0 Å². The summed E-state index contributed by atoms with van der Waals surface area (Å²) in [4.78, 5) is 0. The standard InChI is InChI=1S/C11H22N4O/c1-5-7-15-10(8-13-14-15)11(12-4)9(3)16-6-2/h8-9,11-12H,5-7H2,1-4H3. The van der Waals surface area contributed by atoms with Gasteiger partial charge in [0.15, 0.2) is 0 Å². The molecule has 5 heteroatoms. The van der Waals surface area contributed by atoms with E-state index in [1.807, 2.05) is 24.9 Å². The van der Waals surface area contributed by atoms with E-state index in [0.717, 1.165) is 18.7 Å². The van der Waals surface area contributed by atoms with E-state index < -0.39 is 0 Å². The first kappa shape index (κ1) is 13.1. The second-order valence-electron chi connectivity index (χ2n) is 3.81. The second-order valence-corrected chi connectivity index (χ2v) is 3.81. The highest BCUT2D eigenvalue weighted by Gasteiger charge is 2.21. The van der Waals surface area contributed by atoms with Crippen LogP contribution in [0.5, 0.6) is 0 Å². The van der Waals surface area contributed by atoms with Gasteiger partial charge in [0, 0.05) is 13.2 Å². The van der Waals surface area contributed by atoms with Gasteiger partial charge in [0.1, 0.15) is 0 Å². The van der Waals surface area contributed by atoms with Crippen molar-refractivity contribution in [3.8, 4) is 0 Å². The van der Waals surface area contributed by atoms with E-state index in [1.54, 1.807) is 0 Å². The number of aryl methyl sites for hydroxylation is 1. The lowest BCUT2D eigenvalue weighted by atomic mass is 10.1. The van der Waals surface area contributed by atoms with Crippen LogP contribution in [0.15, 0.2) is 6.20 Å². The third kappa shape index (κ3) is 3.02. The first-order valence-corrected chi connectivity index (χ1v) is 5.91. The van der Waals surface area contributed by atoms with Crippen LogP contribution >= 0.6 is 0 Å². The lowest BCUT2D eigenvalue weighted by Crippen LogP contribution is -2.31. The SMILES string of the molecule is CCCn1nncc1C(NC)C(C)OCC. The Labute approximate surface area is 97.2 Å². The van der Waals surface area contributed by atoms with Gasteiger partial charge in [-0.25, -0.2) is 4.68 Å². The summed E-state index contributed by atoms with van der Waals surface area (Å²) in [6.45, 7) is 7.81. The van der Waals surface area contributed by atoms with Crippen LogP contribution in [0.25, 0.3) is 0 Å². The molecule has 1 rings (SSSR count). The maximum Gasteiger partial charge on any atom is 0.0782 e. The third-order valence-electron chi connectivity index (χ3n) is 2.61. The zero-order valence-corrected chi connectivity index (χ0v) is 10.6. The van der Waals surface area contributed by atoms with Crippen LogP contribution in [-0.2, 0) is 11.3 Å². The highest BCUT2D eigenvalue weighted by atomic mass is 16.5. The molecule has 0 amide bonds. The minimum atomic E-state index is 0.115. The fraction of sp³-hybridized carbons (Fsp3) is 0.818. The van der Waals surface area contributed by atoms with Crippen molar-refractivity contribution in [3.05, 3.63) is 11.9 Å². The second kappa shape index (κ2) is 6.60. The Kier molecular flexibility index (Phi) is 5.42. The molecule has 0 bridgehead atoms. The molecular formula is C11H22N4O. The molecule has 1 N–H and O–H groups in total. The summed E-state index contributed by atoms with van der Waals surface area (Å²) in [6, 6.07) is 0.140. The van der Waals surface area contributed by atoms with E-state index in [9.17, 15) is 0 Å². The van der Waals surface area contributed by atoms with E-state index in [4.69, 9.17) is 4.74 Å². The molecular weight excluding hydrogens is 204 g/mol. The molecule has 2 atom stereocenters. The summed E-state index contributed by atoms with van der Waals surface area (Å²) in [5.74, 6) is 0. The van der Waals surface area contributed by atoms with Crippen molar-refractivity contribution in [2.24, 2.45) is 0 Å². The molecule has 0 saturated heterocycles. The number of aromatic nitrogens is 3. The van der Waals surface area contributed by atoms with E-state index in [-0.39, 0.29) is 12.1 Å². The molecule has 0 aliphatic rings. The zero-order valence-electron chi connectivity index (χ0n) is 10.6. The Balaban J connectivity index is 2.81. The number of likely N-dealkylation sites (N-methyl/N-ethyl adjacent to an activating group) is 1. The van der Waals surface area contributed by atoms with Crippen molar-refractivity contribution < 1.29 is 4.74 Å². The molecule has 0 spiro atoms. The topological polar surface area (TPSA) is 52.0 Å². The molecule has 92 valence electrons. The summed E-state index contributed by atoms with van der Waals surface area (Å²) in [5, 5.41) is 11.3. The lowest BCUT2D eigenvalue weighted by molar-refractivity contribution is 0.0469. The monoisotopic (exact) mass is 226 g/mol. The third-order valence-corrected chi connectivity index (χ3v) is 2.61. The van der Waals surface area contributed by atoms with Crippen LogP contribution in [0.2, 0.25) is 0 Å². The van der Waals surface area contributed by atoms with Crippen LogP contribution in [0.4, 0.5) is 0 Å². The fourth-order valence-electron chi connectivity index (χ4n) is 1.87. The molecule has 0 aromatic carbocycles. The minimum absolute atomic E-state index is 0.115. The highest BCUT2D eigenvalue weighted by molar-refractivity contribution is 5.04. The molecule has 0 aliphatic heterocycles. The normalized spacial score (nSPS) is 15.0. The molecule has 1 heterocycles. The zero-order chi connectivity index (χ0) is 12.0. The predicted molar refractivity (Wildman–Crippen MR) is 63.2 cm³/mol. The largest absolute Gasteiger partial charge is 0.377 e. The smallest absolute Gasteiger partial charge is 0.0782 e. The van der Waals surface area contributed by atoms with Gasteiger partial charge in [0.25, 0.3) is 0 Å². The number of nitrogens with one attached hydrogen (secondary N) is 1. The van der Waals surface area contributed by atoms with Gasteiger partial charge in [0.2, 0.25) is 0 Å². The highest BCUT2D eigenvalue weighted by Crippen LogP contribution is 2.17. The Morgan fingerprint density at radius 3 is 2.81 bits per heavy atom. The number of hydrogen-bond acceptors (Lipinski definition) is 4. The first-order chi connectivity index (χ1) is 7.74. The predicted octanol–water partition coefficient (Wildman–Crippen LogP) is 1.37. The molecule has 5 nitrogen and oxygen atoms in total. The van der Waals surface area contributed by atoms with Crippen LogP contribution in [0.1, 0.15) is 38.9 Å². The molecule has 0 fully saturated rings. The van der Waals surface area contributed by atoms with Gasteiger partial charge in [-0.05, 0) is 27.3 Å². The van der Waals surface area contributed by atoms with Crippen molar-refractivity contribution in [3.63, 3.8) is 0 Å². The minimum Gasteiger partial charge on any atom is -0.377 e. The first-order valence-electron chi connectivity index (χ1n) is 5.91. The van der Waals surface area contributed by atoms with Gasteiger partial charge in [0.05, 0.1) is 24.0 Å². The van der Waals surface area contributed by atoms with Crippen molar-refractivity contribution in [1.29, 1.82) is 0 Å². The van der Waals surface area contributed by atoms with Gasteiger partial charge in [-0.1, -0.05) is 12.1 Å². The van der Waals surface area contributed by atoms with Crippen molar-refractivity contribution in [2.45, 2.75) is 45.9 Å². The number of nitrogens with zero attached hydrogens (tertiary/aromatic N) is 3. The number of ether oxygens (including phenoxy) is 1. The van der Waals surface area contributed by atoms with Crippen LogP contribution < -0.4 is 5.32 Å². The van der Waals surface area contributed by atoms with Crippen LogP contribution in [-0.4, -0.2) is 34.8 Å². The summed E-state index contributed by atoms with van der Waals surface area (Å²) >= 11 is 0. The summed E-state index contributed by atoms with van der Waals surface area (Å²) < 4.78 is 7.56. The van der Waals surface area contributed by atoms with Gasteiger partial charge in [-0.3, -0.25) is 0 Å². The molecule has 1 aromatic rings. The van der Waals surface area contributed by atoms with Crippen molar-refractivity contribution in [1.82, 2.24) is 20.3 Å². The average Bonchev–Trinajstić information content (AvgIpc) is 2.69.